The van der Waals surface area contributed by atoms with Gasteiger partial charge in [0.05, 0.1) is 38.6 Å². The van der Waals surface area contributed by atoms with Crippen molar-refractivity contribution < 1.29 is 147 Å². The number of carbonyl (C=O) groups excluding carboxylic acids is 5. The number of amides is 4. The summed E-state index contributed by atoms with van der Waals surface area (Å²) in [6, 6.07) is -7.98. The highest BCUT2D eigenvalue weighted by atomic mass is 16.8. The predicted octanol–water partition coefficient (Wildman–Crippen LogP) is -11.7. The summed E-state index contributed by atoms with van der Waals surface area (Å²) in [5.74, 6) is -3.91. The number of hydrogen-bond donors (Lipinski definition) is 18. The molecule has 0 bridgehead atoms. The number of ether oxygens (including phenoxy) is 12. The zero-order chi connectivity index (χ0) is 60.8. The third-order valence-electron chi connectivity index (χ3n) is 14.6. The Bertz CT molecular complexity index is 2110. The Hall–Kier alpha value is -3.65. The zero-order valence-electron chi connectivity index (χ0n) is 45.6. The third kappa shape index (κ3) is 15.7. The van der Waals surface area contributed by atoms with Crippen LogP contribution in [0.2, 0.25) is 0 Å². The molecule has 30 atom stereocenters. The molecule has 0 aromatic heterocycles. The van der Waals surface area contributed by atoms with Crippen LogP contribution in [0, 0.1) is 0 Å². The number of aliphatic hydroxyl groups is 13. The van der Waals surface area contributed by atoms with Gasteiger partial charge in [-0.2, -0.15) is 0 Å². The minimum atomic E-state index is -2.04. The Labute approximate surface area is 468 Å². The Morgan fingerprint density at radius 1 is 0.390 bits per heavy atom. The van der Waals surface area contributed by atoms with Crippen molar-refractivity contribution in [3.8, 4) is 0 Å². The van der Waals surface area contributed by atoms with Crippen LogP contribution in [0.3, 0.4) is 0 Å². The van der Waals surface area contributed by atoms with Gasteiger partial charge in [-0.15, -0.1) is 0 Å². The third-order valence-corrected chi connectivity index (χ3v) is 14.6. The van der Waals surface area contributed by atoms with Crippen LogP contribution in [0.15, 0.2) is 0 Å². The number of hydrogen-bond acceptors (Lipinski definition) is 31. The predicted molar refractivity (Wildman–Crippen MR) is 261 cm³/mol. The van der Waals surface area contributed by atoms with Gasteiger partial charge in [0.2, 0.25) is 23.6 Å². The van der Waals surface area contributed by atoms with E-state index in [4.69, 9.17) is 56.8 Å². The molecule has 35 heteroatoms. The van der Waals surface area contributed by atoms with Crippen LogP contribution in [0.1, 0.15) is 41.5 Å². The van der Waals surface area contributed by atoms with Crippen molar-refractivity contribution in [2.75, 3.05) is 40.1 Å². The molecule has 0 saturated carbocycles. The quantitative estimate of drug-likeness (QED) is 0.0475. The minimum Gasteiger partial charge on any atom is -0.463 e. The molecular weight excluding hydrogens is 1110 g/mol. The van der Waals surface area contributed by atoms with E-state index in [1.165, 1.54) is 14.0 Å². The number of carbonyl (C=O) groups is 5. The van der Waals surface area contributed by atoms with Gasteiger partial charge in [0.15, 0.2) is 37.7 Å². The maximum atomic E-state index is 12.8. The number of nitrogens with one attached hydrogen (secondary N) is 5. The molecule has 6 aliphatic heterocycles. The van der Waals surface area contributed by atoms with E-state index in [0.717, 1.165) is 34.6 Å². The van der Waals surface area contributed by atoms with Gasteiger partial charge in [0.1, 0.15) is 141 Å². The summed E-state index contributed by atoms with van der Waals surface area (Å²) in [5.41, 5.74) is 0. The van der Waals surface area contributed by atoms with E-state index >= 15 is 0 Å². The van der Waals surface area contributed by atoms with Crippen LogP contribution in [-0.2, 0) is 80.8 Å². The average Bonchev–Trinajstić information content (AvgIpc) is 2.89. The molecule has 0 radical (unpaired) electrons. The molecule has 0 aliphatic carbocycles. The second-order valence-electron chi connectivity index (χ2n) is 20.7. The SMILES string of the molecule is CNC1C(OC2C(CO)OC(OC3C(CO)OC(OC4C(CO)OC(OC5C(COC6OC(C)C(O)C(O)C6O)OC(O)C(NC(C)=O)C5O)C(NC(C)=O)C4O)C(NC(C)=O)C3O)C(NC(C)=O)C2O)OC(COC(C)=O)C(O)C1O. The molecule has 35 nitrogen and oxygen atoms in total. The molecule has 0 aromatic carbocycles. The molecule has 82 heavy (non-hydrogen) atoms. The largest absolute Gasteiger partial charge is 0.463 e. The maximum absolute atomic E-state index is 12.8. The van der Waals surface area contributed by atoms with E-state index in [1.54, 1.807) is 0 Å². The normalized spacial score (nSPS) is 45.3. The van der Waals surface area contributed by atoms with E-state index in [2.05, 4.69) is 26.6 Å². The van der Waals surface area contributed by atoms with Gasteiger partial charge < -0.3 is 150 Å². The Morgan fingerprint density at radius 3 is 1.13 bits per heavy atom. The topological polar surface area (TPSA) is 519 Å². The Kier molecular flexibility index (Phi) is 24.4. The van der Waals surface area contributed by atoms with E-state index in [0.29, 0.717) is 0 Å². The number of rotatable bonds is 21. The van der Waals surface area contributed by atoms with Crippen LogP contribution in [-0.4, -0.2) is 320 Å². The minimum absolute atomic E-state index is 0.529. The fourth-order valence-corrected chi connectivity index (χ4v) is 10.5. The molecule has 0 aromatic rings. The fraction of sp³-hybridized carbons (Fsp3) is 0.894. The first-order valence-corrected chi connectivity index (χ1v) is 26.3. The van der Waals surface area contributed by atoms with Crippen molar-refractivity contribution in [1.82, 2.24) is 26.6 Å². The summed E-state index contributed by atoms with van der Waals surface area (Å²) in [4.78, 5) is 62.0. The fourth-order valence-electron chi connectivity index (χ4n) is 10.5. The summed E-state index contributed by atoms with van der Waals surface area (Å²) in [5, 5.41) is 156. The first kappa shape index (κ1) is 67.5. The number of likely N-dealkylation sites (N-methyl/N-ethyl adjacent to an activating group) is 1. The second kappa shape index (κ2) is 29.6. The molecule has 6 aliphatic rings. The lowest BCUT2D eigenvalue weighted by Crippen LogP contribution is -2.72. The summed E-state index contributed by atoms with van der Waals surface area (Å²) < 4.78 is 70.4. The number of esters is 1. The van der Waals surface area contributed by atoms with Gasteiger partial charge in [-0.05, 0) is 14.0 Å². The van der Waals surface area contributed by atoms with Crippen molar-refractivity contribution >= 4 is 29.6 Å². The van der Waals surface area contributed by atoms with Crippen molar-refractivity contribution in [3.05, 3.63) is 0 Å². The molecule has 6 rings (SSSR count). The molecule has 6 fully saturated rings. The second-order valence-corrected chi connectivity index (χ2v) is 20.7. The first-order valence-electron chi connectivity index (χ1n) is 26.3. The smallest absolute Gasteiger partial charge is 0.302 e. The van der Waals surface area contributed by atoms with Crippen molar-refractivity contribution in [1.29, 1.82) is 0 Å². The van der Waals surface area contributed by atoms with Gasteiger partial charge in [0, 0.05) is 34.6 Å². The molecule has 30 unspecified atom stereocenters. The van der Waals surface area contributed by atoms with Crippen LogP contribution in [0.5, 0.6) is 0 Å². The highest BCUT2D eigenvalue weighted by molar-refractivity contribution is 5.74. The van der Waals surface area contributed by atoms with Gasteiger partial charge in [0.25, 0.3) is 0 Å². The molecule has 4 amide bonds. The lowest BCUT2D eigenvalue weighted by molar-refractivity contribution is -0.368. The average molecular weight is 1190 g/mol. The summed E-state index contributed by atoms with van der Waals surface area (Å²) in [7, 11) is 1.39. The van der Waals surface area contributed by atoms with Crippen LogP contribution in [0.4, 0.5) is 0 Å². The summed E-state index contributed by atoms with van der Waals surface area (Å²) >= 11 is 0. The van der Waals surface area contributed by atoms with Crippen LogP contribution >= 0.6 is 0 Å². The molecule has 472 valence electrons. The van der Waals surface area contributed by atoms with Crippen LogP contribution < -0.4 is 26.6 Å². The number of aliphatic hydroxyl groups excluding tert-OH is 13. The molecule has 6 heterocycles. The lowest BCUT2D eigenvalue weighted by atomic mass is 9.93. The van der Waals surface area contributed by atoms with Crippen molar-refractivity contribution in [3.63, 3.8) is 0 Å². The van der Waals surface area contributed by atoms with E-state index in [-0.39, 0.29) is 0 Å². The van der Waals surface area contributed by atoms with Gasteiger partial charge in [-0.1, -0.05) is 0 Å². The summed E-state index contributed by atoms with van der Waals surface area (Å²) in [6.07, 6.45) is -43.0. The molecule has 0 spiro atoms. The lowest BCUT2D eigenvalue weighted by Gasteiger charge is -2.51. The van der Waals surface area contributed by atoms with Crippen molar-refractivity contribution in [2.24, 2.45) is 0 Å². The van der Waals surface area contributed by atoms with Gasteiger partial charge in [-0.25, -0.2) is 0 Å². The van der Waals surface area contributed by atoms with E-state index in [9.17, 15) is 90.4 Å². The van der Waals surface area contributed by atoms with Crippen molar-refractivity contribution in [2.45, 2.75) is 225 Å². The standard InChI is InChI=1S/C47H79N5O30/c1-13-29(61)36(68)37(69)47(73-13)72-12-23-41(32(64)24(42(70)74-23)49-14(2)56)82-46-28(52-17(5)59)35(67)40(21(10-55)77-46)81-45-27(51-16(4)58)34(66)39(20(9-54)76-45)80-44-26(50-15(3)57)33(65)38(19(8-53)75-44)79-43-25(48-7)31(63)30(62)22(78-43)11-71-18(6)60/h13,19-48,53-55,61-70H,8-12H2,1-7H3,(H,49,56)(H,50,57)(H,51,58)(H,52,59). The van der Waals surface area contributed by atoms with E-state index < -0.39 is 247 Å². The maximum Gasteiger partial charge on any atom is 0.302 e. The monoisotopic (exact) mass is 1190 g/mol. The van der Waals surface area contributed by atoms with Crippen LogP contribution in [0.25, 0.3) is 0 Å². The Balaban J connectivity index is 1.23. The highest BCUT2D eigenvalue weighted by Gasteiger charge is 2.58. The highest BCUT2D eigenvalue weighted by Crippen LogP contribution is 2.36. The van der Waals surface area contributed by atoms with Gasteiger partial charge in [-0.3, -0.25) is 24.0 Å². The molecular formula is C47H79N5O30. The van der Waals surface area contributed by atoms with E-state index in [1.807, 2.05) is 0 Å². The van der Waals surface area contributed by atoms with Gasteiger partial charge >= 0.3 is 5.97 Å². The Morgan fingerprint density at radius 2 is 0.756 bits per heavy atom. The first-order chi connectivity index (χ1) is 38.6. The zero-order valence-corrected chi connectivity index (χ0v) is 45.6. The summed E-state index contributed by atoms with van der Waals surface area (Å²) in [6.45, 7) is 2.44. The molecule has 6 saturated heterocycles. The molecule has 18 N–H and O–H groups in total.